The molecule has 11 heteroatoms. The lowest BCUT2D eigenvalue weighted by Crippen LogP contribution is -2.44. The SMILES string of the molecule is NS(=O)(=O)c1cccc(-c2c(-c3ccccc3)nc(C(F)(F)F)nc2N2CCNCC2)c1. The Bertz CT molecular complexity index is 1230. The highest BCUT2D eigenvalue weighted by atomic mass is 32.2. The Kier molecular flexibility index (Phi) is 5.89. The molecule has 1 aliphatic rings. The summed E-state index contributed by atoms with van der Waals surface area (Å²) in [4.78, 5) is 9.38. The van der Waals surface area contributed by atoms with Gasteiger partial charge in [-0.25, -0.2) is 23.5 Å². The van der Waals surface area contributed by atoms with Crippen LogP contribution >= 0.6 is 0 Å². The molecule has 0 unspecified atom stereocenters. The molecule has 1 fully saturated rings. The van der Waals surface area contributed by atoms with Gasteiger partial charge in [0.2, 0.25) is 15.8 Å². The number of hydrogen-bond donors (Lipinski definition) is 2. The smallest absolute Gasteiger partial charge is 0.353 e. The van der Waals surface area contributed by atoms with Gasteiger partial charge in [-0.15, -0.1) is 0 Å². The van der Waals surface area contributed by atoms with Gasteiger partial charge in [-0.05, 0) is 17.7 Å². The van der Waals surface area contributed by atoms with Gasteiger partial charge in [0, 0.05) is 31.7 Å². The Morgan fingerprint density at radius 3 is 2.22 bits per heavy atom. The molecule has 1 aliphatic heterocycles. The molecule has 3 N–H and O–H groups in total. The molecule has 168 valence electrons. The quantitative estimate of drug-likeness (QED) is 0.617. The summed E-state index contributed by atoms with van der Waals surface area (Å²) in [6, 6.07) is 14.2. The number of nitrogens with one attached hydrogen (secondary N) is 1. The van der Waals surface area contributed by atoms with E-state index in [0.717, 1.165) is 0 Å². The van der Waals surface area contributed by atoms with Crippen LogP contribution in [0.2, 0.25) is 0 Å². The van der Waals surface area contributed by atoms with Crippen LogP contribution in [0.3, 0.4) is 0 Å². The Morgan fingerprint density at radius 2 is 1.59 bits per heavy atom. The molecule has 2 heterocycles. The van der Waals surface area contributed by atoms with Gasteiger partial charge in [0.15, 0.2) is 0 Å². The van der Waals surface area contributed by atoms with Gasteiger partial charge in [0.25, 0.3) is 0 Å². The van der Waals surface area contributed by atoms with Crippen LogP contribution in [0.25, 0.3) is 22.4 Å². The maximum absolute atomic E-state index is 13.7. The van der Waals surface area contributed by atoms with E-state index in [-0.39, 0.29) is 16.4 Å². The van der Waals surface area contributed by atoms with Crippen LogP contribution in [-0.4, -0.2) is 44.6 Å². The first-order chi connectivity index (χ1) is 15.1. The van der Waals surface area contributed by atoms with Gasteiger partial charge in [0.05, 0.1) is 16.2 Å². The number of nitrogens with zero attached hydrogens (tertiary/aromatic N) is 3. The van der Waals surface area contributed by atoms with Crippen molar-refractivity contribution in [3.05, 3.63) is 60.4 Å². The van der Waals surface area contributed by atoms with E-state index in [1.54, 1.807) is 41.3 Å². The molecular formula is C21H20F3N5O2S. The lowest BCUT2D eigenvalue weighted by atomic mass is 9.98. The number of nitrogens with two attached hydrogens (primary N) is 1. The van der Waals surface area contributed by atoms with Crippen molar-refractivity contribution in [3.63, 3.8) is 0 Å². The molecule has 0 saturated carbocycles. The number of rotatable bonds is 4. The number of hydrogen-bond acceptors (Lipinski definition) is 6. The molecule has 1 saturated heterocycles. The molecule has 32 heavy (non-hydrogen) atoms. The first-order valence-electron chi connectivity index (χ1n) is 9.78. The third-order valence-corrected chi connectivity index (χ3v) is 5.97. The minimum Gasteiger partial charge on any atom is -0.353 e. The molecule has 0 atom stereocenters. The van der Waals surface area contributed by atoms with Crippen molar-refractivity contribution >= 4 is 15.8 Å². The molecule has 4 rings (SSSR count). The van der Waals surface area contributed by atoms with Crippen molar-refractivity contribution in [1.29, 1.82) is 0 Å². The molecule has 0 aliphatic carbocycles. The van der Waals surface area contributed by atoms with E-state index in [1.807, 2.05) is 0 Å². The fraction of sp³-hybridized carbons (Fsp3) is 0.238. The predicted molar refractivity (Wildman–Crippen MR) is 114 cm³/mol. The summed E-state index contributed by atoms with van der Waals surface area (Å²) >= 11 is 0. The van der Waals surface area contributed by atoms with Crippen LogP contribution in [0.1, 0.15) is 5.82 Å². The number of piperazine rings is 1. The molecule has 7 nitrogen and oxygen atoms in total. The average Bonchev–Trinajstić information content (AvgIpc) is 2.78. The highest BCUT2D eigenvalue weighted by molar-refractivity contribution is 7.89. The number of sulfonamides is 1. The molecule has 1 aromatic heterocycles. The Labute approximate surface area is 183 Å². The van der Waals surface area contributed by atoms with E-state index >= 15 is 0 Å². The number of benzene rings is 2. The van der Waals surface area contributed by atoms with E-state index < -0.39 is 22.0 Å². The monoisotopic (exact) mass is 463 g/mol. The molecule has 0 radical (unpaired) electrons. The molecular weight excluding hydrogens is 443 g/mol. The topological polar surface area (TPSA) is 101 Å². The van der Waals surface area contributed by atoms with Crippen molar-refractivity contribution in [3.8, 4) is 22.4 Å². The second kappa shape index (κ2) is 8.49. The number of aromatic nitrogens is 2. The largest absolute Gasteiger partial charge is 0.451 e. The van der Waals surface area contributed by atoms with E-state index in [1.165, 1.54) is 18.2 Å². The van der Waals surface area contributed by atoms with Crippen LogP contribution < -0.4 is 15.4 Å². The van der Waals surface area contributed by atoms with Crippen LogP contribution in [0, 0.1) is 0 Å². The van der Waals surface area contributed by atoms with Gasteiger partial charge in [-0.3, -0.25) is 0 Å². The summed E-state index contributed by atoms with van der Waals surface area (Å²) in [5.41, 5.74) is 1.19. The summed E-state index contributed by atoms with van der Waals surface area (Å²) in [5, 5.41) is 8.45. The lowest BCUT2D eigenvalue weighted by molar-refractivity contribution is -0.144. The standard InChI is InChI=1S/C21H20F3N5O2S/c22-21(23,24)20-27-18(14-5-2-1-3-6-14)17(19(28-20)29-11-9-26-10-12-29)15-7-4-8-16(13-15)32(25,30)31/h1-8,13,26H,9-12H2,(H2,25,30,31). The van der Waals surface area contributed by atoms with Gasteiger partial charge < -0.3 is 10.2 Å². The second-order valence-electron chi connectivity index (χ2n) is 7.27. The average molecular weight is 463 g/mol. The fourth-order valence-electron chi connectivity index (χ4n) is 3.58. The van der Waals surface area contributed by atoms with Crippen molar-refractivity contribution in [2.24, 2.45) is 5.14 Å². The zero-order valence-corrected chi connectivity index (χ0v) is 17.6. The van der Waals surface area contributed by atoms with Gasteiger partial charge >= 0.3 is 6.18 Å². The van der Waals surface area contributed by atoms with Gasteiger partial charge in [-0.1, -0.05) is 42.5 Å². The summed E-state index contributed by atoms with van der Waals surface area (Å²) < 4.78 is 65.0. The Balaban J connectivity index is 2.06. The lowest BCUT2D eigenvalue weighted by Gasteiger charge is -2.31. The van der Waals surface area contributed by atoms with E-state index in [2.05, 4.69) is 15.3 Å². The fourth-order valence-corrected chi connectivity index (χ4v) is 4.14. The molecule has 0 spiro atoms. The highest BCUT2D eigenvalue weighted by Crippen LogP contribution is 2.40. The summed E-state index contributed by atoms with van der Waals surface area (Å²) in [7, 11) is -4.02. The van der Waals surface area contributed by atoms with Crippen LogP contribution in [0.15, 0.2) is 59.5 Å². The normalized spacial score (nSPS) is 15.1. The van der Waals surface area contributed by atoms with Gasteiger partial charge in [-0.2, -0.15) is 13.2 Å². The number of halogens is 3. The van der Waals surface area contributed by atoms with Gasteiger partial charge in [0.1, 0.15) is 5.82 Å². The molecule has 2 aromatic carbocycles. The van der Waals surface area contributed by atoms with Crippen molar-refractivity contribution < 1.29 is 21.6 Å². The first-order valence-corrected chi connectivity index (χ1v) is 11.3. The summed E-state index contributed by atoms with van der Waals surface area (Å²) in [5.74, 6) is -1.16. The van der Waals surface area contributed by atoms with Crippen LogP contribution in [-0.2, 0) is 16.2 Å². The van der Waals surface area contributed by atoms with Crippen LogP contribution in [0.4, 0.5) is 19.0 Å². The van der Waals surface area contributed by atoms with E-state index in [9.17, 15) is 21.6 Å². The highest BCUT2D eigenvalue weighted by Gasteiger charge is 2.37. The van der Waals surface area contributed by atoms with Crippen molar-refractivity contribution in [1.82, 2.24) is 15.3 Å². The number of alkyl halides is 3. The zero-order chi connectivity index (χ0) is 22.9. The van der Waals surface area contributed by atoms with E-state index in [0.29, 0.717) is 42.9 Å². The molecule has 3 aromatic rings. The van der Waals surface area contributed by atoms with Crippen molar-refractivity contribution in [2.45, 2.75) is 11.1 Å². The predicted octanol–water partition coefficient (Wildman–Crippen LogP) is 2.89. The third kappa shape index (κ3) is 4.59. The molecule has 0 amide bonds. The Morgan fingerprint density at radius 1 is 0.938 bits per heavy atom. The van der Waals surface area contributed by atoms with Crippen LogP contribution in [0.5, 0.6) is 0 Å². The maximum atomic E-state index is 13.7. The number of anilines is 1. The minimum absolute atomic E-state index is 0.0630. The summed E-state index contributed by atoms with van der Waals surface area (Å²) in [6.45, 7) is 2.01. The minimum atomic E-state index is -4.76. The Hall–Kier alpha value is -3.02. The number of primary sulfonamides is 1. The van der Waals surface area contributed by atoms with E-state index in [4.69, 9.17) is 5.14 Å². The molecule has 0 bridgehead atoms. The maximum Gasteiger partial charge on any atom is 0.451 e. The summed E-state index contributed by atoms with van der Waals surface area (Å²) in [6.07, 6.45) is -4.76. The first kappa shape index (κ1) is 22.2. The zero-order valence-electron chi connectivity index (χ0n) is 16.8. The second-order valence-corrected chi connectivity index (χ2v) is 8.83. The third-order valence-electron chi connectivity index (χ3n) is 5.06. The van der Waals surface area contributed by atoms with Crippen molar-refractivity contribution in [2.75, 3.05) is 31.1 Å².